The van der Waals surface area contributed by atoms with Crippen LogP contribution in [0.4, 0.5) is 4.39 Å². The van der Waals surface area contributed by atoms with Gasteiger partial charge in [-0.25, -0.2) is 4.39 Å². The summed E-state index contributed by atoms with van der Waals surface area (Å²) in [6.07, 6.45) is 2.05. The molecule has 2 aromatic rings. The number of hydrogen-bond donors (Lipinski definition) is 1. The molecule has 5 heteroatoms. The fourth-order valence-corrected chi connectivity index (χ4v) is 3.87. The fourth-order valence-electron chi connectivity index (χ4n) is 3.87. The van der Waals surface area contributed by atoms with Gasteiger partial charge in [-0.3, -0.25) is 4.79 Å². The highest BCUT2D eigenvalue weighted by Gasteiger charge is 2.35. The van der Waals surface area contributed by atoms with Gasteiger partial charge < -0.3 is 15.4 Å². The topological polar surface area (TPSA) is 55.6 Å². The Morgan fingerprint density at radius 1 is 1.22 bits per heavy atom. The maximum atomic E-state index is 13.7. The van der Waals surface area contributed by atoms with E-state index in [1.54, 1.807) is 26.2 Å². The van der Waals surface area contributed by atoms with Gasteiger partial charge in [0.2, 0.25) is 5.91 Å². The first-order chi connectivity index (χ1) is 12.9. The molecule has 0 radical (unpaired) electrons. The first-order valence-electron chi connectivity index (χ1n) is 9.36. The van der Waals surface area contributed by atoms with E-state index in [2.05, 4.69) is 0 Å². The molecule has 27 heavy (non-hydrogen) atoms. The summed E-state index contributed by atoms with van der Waals surface area (Å²) in [6.45, 7) is 3.03. The first kappa shape index (κ1) is 19.4. The summed E-state index contributed by atoms with van der Waals surface area (Å²) in [5.41, 5.74) is 7.36. The number of carbonyl (C=O) groups is 1. The Labute approximate surface area is 160 Å². The number of piperidine rings is 1. The average molecular weight is 370 g/mol. The van der Waals surface area contributed by atoms with Crippen LogP contribution in [0.15, 0.2) is 48.5 Å². The fraction of sp³-hybridized carbons (Fsp3) is 0.409. The van der Waals surface area contributed by atoms with Crippen LogP contribution in [0.2, 0.25) is 0 Å². The van der Waals surface area contributed by atoms with E-state index in [0.29, 0.717) is 25.3 Å². The van der Waals surface area contributed by atoms with Gasteiger partial charge in [-0.1, -0.05) is 30.3 Å². The number of methoxy groups -OCH3 is 1. The Morgan fingerprint density at radius 2 is 1.89 bits per heavy atom. The highest BCUT2D eigenvalue weighted by atomic mass is 19.1. The Balaban J connectivity index is 1.65. The summed E-state index contributed by atoms with van der Waals surface area (Å²) < 4.78 is 19.1. The van der Waals surface area contributed by atoms with Crippen LogP contribution in [-0.2, 0) is 11.2 Å². The van der Waals surface area contributed by atoms with Gasteiger partial charge in [-0.05, 0) is 55.9 Å². The predicted molar refractivity (Wildman–Crippen MR) is 104 cm³/mol. The van der Waals surface area contributed by atoms with E-state index in [0.717, 1.165) is 24.0 Å². The molecule has 0 aliphatic carbocycles. The Kier molecular flexibility index (Phi) is 5.80. The van der Waals surface area contributed by atoms with Crippen LogP contribution in [0.3, 0.4) is 0 Å². The minimum atomic E-state index is -0.940. The molecule has 0 saturated carbocycles. The molecular weight excluding hydrogens is 343 g/mol. The lowest BCUT2D eigenvalue weighted by atomic mass is 9.86. The molecule has 0 aromatic heterocycles. The Hall–Kier alpha value is -2.40. The molecule has 1 fully saturated rings. The molecule has 3 rings (SSSR count). The summed E-state index contributed by atoms with van der Waals surface area (Å²) in [4.78, 5) is 14.8. The van der Waals surface area contributed by atoms with Crippen molar-refractivity contribution in [2.45, 2.75) is 37.6 Å². The van der Waals surface area contributed by atoms with Crippen molar-refractivity contribution in [1.82, 2.24) is 4.90 Å². The van der Waals surface area contributed by atoms with Crippen molar-refractivity contribution >= 4 is 5.91 Å². The van der Waals surface area contributed by atoms with Crippen molar-refractivity contribution in [3.05, 3.63) is 65.5 Å². The number of rotatable bonds is 5. The van der Waals surface area contributed by atoms with Gasteiger partial charge in [0.1, 0.15) is 11.6 Å². The second-order valence-electron chi connectivity index (χ2n) is 7.53. The van der Waals surface area contributed by atoms with E-state index in [9.17, 15) is 9.18 Å². The van der Waals surface area contributed by atoms with Gasteiger partial charge in [0.15, 0.2) is 0 Å². The van der Waals surface area contributed by atoms with Crippen LogP contribution >= 0.6 is 0 Å². The maximum absolute atomic E-state index is 13.7. The van der Waals surface area contributed by atoms with Crippen LogP contribution in [0.25, 0.3) is 0 Å². The normalized spacial score (nSPS) is 17.4. The van der Waals surface area contributed by atoms with Crippen LogP contribution in [0.1, 0.15) is 36.8 Å². The number of halogens is 1. The molecule has 1 aliphatic rings. The number of nitrogens with two attached hydrogens (primary N) is 1. The van der Waals surface area contributed by atoms with Crippen molar-refractivity contribution in [3.63, 3.8) is 0 Å². The minimum Gasteiger partial charge on any atom is -0.496 e. The van der Waals surface area contributed by atoms with E-state index in [1.807, 2.05) is 35.2 Å². The van der Waals surface area contributed by atoms with Crippen molar-refractivity contribution in [1.29, 1.82) is 0 Å². The minimum absolute atomic E-state index is 0.0315. The number of ether oxygens (including phenoxy) is 1. The van der Waals surface area contributed by atoms with E-state index in [-0.39, 0.29) is 17.6 Å². The van der Waals surface area contributed by atoms with Crippen molar-refractivity contribution in [3.8, 4) is 5.75 Å². The zero-order valence-electron chi connectivity index (χ0n) is 16.0. The van der Waals surface area contributed by atoms with Gasteiger partial charge >= 0.3 is 0 Å². The molecule has 0 bridgehead atoms. The second kappa shape index (κ2) is 8.09. The summed E-state index contributed by atoms with van der Waals surface area (Å²) in [5, 5.41) is 0. The highest BCUT2D eigenvalue weighted by molar-refractivity contribution is 5.86. The SMILES string of the molecule is COc1ccc(F)cc1C1CCN(C(=O)[C@](C)(N)Cc2ccccc2)CC1. The Morgan fingerprint density at radius 3 is 2.52 bits per heavy atom. The Bertz CT molecular complexity index is 784. The third kappa shape index (κ3) is 4.48. The van der Waals surface area contributed by atoms with E-state index in [4.69, 9.17) is 10.5 Å². The molecule has 0 spiro atoms. The smallest absolute Gasteiger partial charge is 0.242 e. The number of benzene rings is 2. The van der Waals surface area contributed by atoms with E-state index < -0.39 is 5.54 Å². The van der Waals surface area contributed by atoms with E-state index in [1.165, 1.54) is 6.07 Å². The van der Waals surface area contributed by atoms with E-state index >= 15 is 0 Å². The standard InChI is InChI=1S/C22H27FN2O2/c1-22(24,15-16-6-4-3-5-7-16)21(26)25-12-10-17(11-13-25)19-14-18(23)8-9-20(19)27-2/h3-9,14,17H,10-13,15,24H2,1-2H3/t22-/m1/s1. The van der Waals surface area contributed by atoms with Crippen LogP contribution < -0.4 is 10.5 Å². The summed E-state index contributed by atoms with van der Waals surface area (Å²) in [7, 11) is 1.60. The lowest BCUT2D eigenvalue weighted by Crippen LogP contribution is -2.56. The molecule has 1 aliphatic heterocycles. The zero-order chi connectivity index (χ0) is 19.4. The zero-order valence-corrected chi connectivity index (χ0v) is 16.0. The lowest BCUT2D eigenvalue weighted by molar-refractivity contribution is -0.137. The number of amides is 1. The monoisotopic (exact) mass is 370 g/mol. The summed E-state index contributed by atoms with van der Waals surface area (Å²) in [5.74, 6) is 0.587. The molecule has 2 aromatic carbocycles. The van der Waals surface area contributed by atoms with Gasteiger partial charge in [0.25, 0.3) is 0 Å². The second-order valence-corrected chi connectivity index (χ2v) is 7.53. The highest BCUT2D eigenvalue weighted by Crippen LogP contribution is 2.35. The third-order valence-corrected chi connectivity index (χ3v) is 5.32. The molecule has 1 saturated heterocycles. The summed E-state index contributed by atoms with van der Waals surface area (Å²) in [6, 6.07) is 14.4. The first-order valence-corrected chi connectivity index (χ1v) is 9.36. The third-order valence-electron chi connectivity index (χ3n) is 5.32. The molecular formula is C22H27FN2O2. The number of likely N-dealkylation sites (tertiary alicyclic amines) is 1. The largest absolute Gasteiger partial charge is 0.496 e. The van der Waals surface area contributed by atoms with Gasteiger partial charge in [0, 0.05) is 18.7 Å². The molecule has 1 amide bonds. The van der Waals surface area contributed by atoms with Crippen molar-refractivity contribution in [2.24, 2.45) is 5.73 Å². The number of carbonyl (C=O) groups excluding carboxylic acids is 1. The van der Waals surface area contributed by atoms with Gasteiger partial charge in [-0.15, -0.1) is 0 Å². The number of hydrogen-bond acceptors (Lipinski definition) is 3. The van der Waals surface area contributed by atoms with Gasteiger partial charge in [0.05, 0.1) is 12.6 Å². The quantitative estimate of drug-likeness (QED) is 0.876. The van der Waals surface area contributed by atoms with Gasteiger partial charge in [-0.2, -0.15) is 0 Å². The van der Waals surface area contributed by atoms with Crippen LogP contribution in [-0.4, -0.2) is 36.5 Å². The molecule has 1 heterocycles. The van der Waals surface area contributed by atoms with Crippen LogP contribution in [0, 0.1) is 5.82 Å². The van der Waals surface area contributed by atoms with Crippen molar-refractivity contribution < 1.29 is 13.9 Å². The molecule has 2 N–H and O–H groups in total. The molecule has 1 atom stereocenters. The average Bonchev–Trinajstić information content (AvgIpc) is 2.68. The summed E-state index contributed by atoms with van der Waals surface area (Å²) >= 11 is 0. The molecule has 0 unspecified atom stereocenters. The van der Waals surface area contributed by atoms with Crippen LogP contribution in [0.5, 0.6) is 5.75 Å². The predicted octanol–water partition coefficient (Wildman–Crippen LogP) is 3.50. The van der Waals surface area contributed by atoms with Crippen molar-refractivity contribution in [2.75, 3.05) is 20.2 Å². The lowest BCUT2D eigenvalue weighted by Gasteiger charge is -2.37. The molecule has 144 valence electrons. The number of nitrogens with zero attached hydrogens (tertiary/aromatic N) is 1. The maximum Gasteiger partial charge on any atom is 0.242 e. The molecule has 4 nitrogen and oxygen atoms in total.